The Morgan fingerprint density at radius 1 is 1.26 bits per heavy atom. The fraction of sp³-hybridized carbons (Fsp3) is 0.609. The number of rotatable bonds is 5. The third-order valence-electron chi connectivity index (χ3n) is 6.39. The summed E-state index contributed by atoms with van der Waals surface area (Å²) in [5, 5.41) is 2.80. The Morgan fingerprint density at radius 2 is 1.94 bits per heavy atom. The number of halogens is 1. The van der Waals surface area contributed by atoms with Gasteiger partial charge in [-0.05, 0) is 51.5 Å². The van der Waals surface area contributed by atoms with Gasteiger partial charge in [0.25, 0.3) is 5.56 Å². The molecule has 2 aliphatic rings. The van der Waals surface area contributed by atoms with Gasteiger partial charge in [-0.15, -0.1) is 0 Å². The highest BCUT2D eigenvalue weighted by atomic mass is 19.1. The zero-order valence-corrected chi connectivity index (χ0v) is 20.2. The van der Waals surface area contributed by atoms with Gasteiger partial charge in [-0.1, -0.05) is 6.92 Å². The first-order valence-corrected chi connectivity index (χ1v) is 11.5. The predicted molar refractivity (Wildman–Crippen MR) is 127 cm³/mol. The first-order chi connectivity index (χ1) is 15.9. The summed E-state index contributed by atoms with van der Waals surface area (Å²) in [5.41, 5.74) is -1.55. The van der Waals surface area contributed by atoms with E-state index in [1.54, 1.807) is 20.8 Å². The molecule has 4 rings (SSSR count). The molecule has 1 aromatic heterocycles. The molecule has 3 N–H and O–H groups in total. The third-order valence-corrected chi connectivity index (χ3v) is 6.39. The highest BCUT2D eigenvalue weighted by molar-refractivity contribution is 5.91. The maximum Gasteiger partial charge on any atom is 0.407 e. The molecule has 186 valence electrons. The zero-order valence-electron chi connectivity index (χ0n) is 20.2. The van der Waals surface area contributed by atoms with Crippen LogP contribution in [0.3, 0.4) is 0 Å². The van der Waals surface area contributed by atoms with Crippen molar-refractivity contribution in [1.82, 2.24) is 14.6 Å². The van der Waals surface area contributed by atoms with Crippen molar-refractivity contribution in [3.63, 3.8) is 0 Å². The summed E-state index contributed by atoms with van der Waals surface area (Å²) in [5.74, 6) is 5.39. The largest absolute Gasteiger partial charge is 0.492 e. The predicted octanol–water partition coefficient (Wildman–Crippen LogP) is 1.96. The number of nitrogens with two attached hydrogens (primary N) is 1. The van der Waals surface area contributed by atoms with Crippen LogP contribution in [0.1, 0.15) is 46.6 Å². The summed E-state index contributed by atoms with van der Waals surface area (Å²) < 4.78 is 28.3. The van der Waals surface area contributed by atoms with Crippen LogP contribution in [0, 0.1) is 17.7 Å². The molecule has 1 aliphatic carbocycles. The zero-order chi connectivity index (χ0) is 24.9. The lowest BCUT2D eigenvalue weighted by molar-refractivity contribution is 0.0518. The number of fused-ring (bicyclic) bond motifs is 1. The molecule has 11 heteroatoms. The van der Waals surface area contributed by atoms with Crippen molar-refractivity contribution in [1.29, 1.82) is 0 Å². The van der Waals surface area contributed by atoms with E-state index in [1.807, 2.05) is 11.8 Å². The quantitative estimate of drug-likeness (QED) is 0.632. The number of carbonyl (C=O) groups excluding carboxylic acids is 1. The maximum atomic E-state index is 15.4. The van der Waals surface area contributed by atoms with Crippen molar-refractivity contribution in [2.75, 3.05) is 37.5 Å². The molecule has 10 nitrogen and oxygen atoms in total. The van der Waals surface area contributed by atoms with Gasteiger partial charge in [-0.2, -0.15) is 4.68 Å². The molecule has 0 spiro atoms. The first kappa shape index (κ1) is 23.9. The average molecular weight is 478 g/mol. The van der Waals surface area contributed by atoms with Crippen LogP contribution in [-0.4, -0.2) is 47.7 Å². The Balaban J connectivity index is 1.70. The number of carbonyl (C=O) groups is 1. The Labute approximate surface area is 196 Å². The van der Waals surface area contributed by atoms with Crippen LogP contribution in [0.2, 0.25) is 0 Å². The van der Waals surface area contributed by atoms with Crippen molar-refractivity contribution in [3.05, 3.63) is 32.7 Å². The number of benzene rings is 1. The number of alkyl carbamates (subject to hydrolysis) is 1. The van der Waals surface area contributed by atoms with E-state index in [4.69, 9.17) is 15.3 Å². The molecule has 0 bridgehead atoms. The lowest BCUT2D eigenvalue weighted by atomic mass is 9.98. The number of nitrogens with zero attached hydrogens (tertiary/aromatic N) is 3. The van der Waals surface area contributed by atoms with E-state index in [0.717, 1.165) is 18.9 Å². The molecule has 0 radical (unpaired) electrons. The number of nitrogens with one attached hydrogen (secondary N) is 1. The van der Waals surface area contributed by atoms with E-state index < -0.39 is 28.8 Å². The van der Waals surface area contributed by atoms with Gasteiger partial charge in [0.1, 0.15) is 16.8 Å². The molecule has 34 heavy (non-hydrogen) atoms. The summed E-state index contributed by atoms with van der Waals surface area (Å²) in [6.45, 7) is 8.75. The summed E-state index contributed by atoms with van der Waals surface area (Å²) in [7, 11) is 1.40. The van der Waals surface area contributed by atoms with Gasteiger partial charge in [-0.3, -0.25) is 9.36 Å². The van der Waals surface area contributed by atoms with E-state index in [2.05, 4.69) is 5.32 Å². The molecule has 1 aliphatic heterocycles. The van der Waals surface area contributed by atoms with Crippen LogP contribution in [0.25, 0.3) is 10.9 Å². The second kappa shape index (κ2) is 8.52. The average Bonchev–Trinajstić information content (AvgIpc) is 3.51. The lowest BCUT2D eigenvalue weighted by Crippen LogP contribution is -2.44. The number of hydrogen-bond donors (Lipinski definition) is 2. The number of nitrogen functional groups attached to an aromatic ring is 1. The SMILES string of the molecule is COc1c(N2C[C@H](CNC(=O)OC(C)(C)C)[C@@H](C)C2)c(F)cc2c(=O)n(N)c(=O)n(C3CC3)c12. The fourth-order valence-corrected chi connectivity index (χ4v) is 4.61. The van der Waals surface area contributed by atoms with E-state index >= 15 is 4.39 Å². The van der Waals surface area contributed by atoms with Crippen molar-refractivity contribution in [2.45, 2.75) is 52.2 Å². The number of methoxy groups -OCH3 is 1. The first-order valence-electron chi connectivity index (χ1n) is 11.5. The summed E-state index contributed by atoms with van der Waals surface area (Å²) in [6.07, 6.45) is 1.03. The molecule has 0 unspecified atom stereocenters. The van der Waals surface area contributed by atoms with Gasteiger partial charge in [0.2, 0.25) is 0 Å². The van der Waals surface area contributed by atoms with Gasteiger partial charge < -0.3 is 25.5 Å². The molecular formula is C23H32FN5O5. The minimum atomic E-state index is -0.769. The minimum Gasteiger partial charge on any atom is -0.492 e. The van der Waals surface area contributed by atoms with Crippen molar-refractivity contribution in [2.24, 2.45) is 11.8 Å². The van der Waals surface area contributed by atoms with Crippen molar-refractivity contribution >= 4 is 22.7 Å². The fourth-order valence-electron chi connectivity index (χ4n) is 4.61. The lowest BCUT2D eigenvalue weighted by Gasteiger charge is -2.24. The molecular weight excluding hydrogens is 445 g/mol. The van der Waals surface area contributed by atoms with Crippen molar-refractivity contribution in [3.8, 4) is 5.75 Å². The van der Waals surface area contributed by atoms with Gasteiger partial charge in [0, 0.05) is 25.7 Å². The number of aromatic nitrogens is 2. The molecule has 2 fully saturated rings. The molecule has 1 amide bonds. The summed E-state index contributed by atoms with van der Waals surface area (Å²) in [4.78, 5) is 39.4. The molecule has 1 aromatic carbocycles. The van der Waals surface area contributed by atoms with E-state index in [0.29, 0.717) is 24.3 Å². The highest BCUT2D eigenvalue weighted by Gasteiger charge is 2.36. The summed E-state index contributed by atoms with van der Waals surface area (Å²) in [6, 6.07) is 1.02. The second-order valence-corrected chi connectivity index (χ2v) is 10.2. The molecule has 2 atom stereocenters. The van der Waals surface area contributed by atoms with E-state index in [9.17, 15) is 14.4 Å². The van der Waals surface area contributed by atoms with Crippen LogP contribution < -0.4 is 32.0 Å². The Hall–Kier alpha value is -3.24. The topological polar surface area (TPSA) is 121 Å². The molecule has 1 saturated carbocycles. The maximum absolute atomic E-state index is 15.4. The molecule has 1 saturated heterocycles. The molecule has 2 aromatic rings. The molecule has 2 heterocycles. The van der Waals surface area contributed by atoms with Gasteiger partial charge in [-0.25, -0.2) is 14.0 Å². The number of amides is 1. The Bertz CT molecular complexity index is 1240. The van der Waals surface area contributed by atoms with Crippen LogP contribution in [0.15, 0.2) is 15.7 Å². The number of ether oxygens (including phenoxy) is 2. The van der Waals surface area contributed by atoms with Crippen molar-refractivity contribution < 1.29 is 18.7 Å². The van der Waals surface area contributed by atoms with Crippen LogP contribution in [0.4, 0.5) is 14.9 Å². The number of anilines is 1. The van der Waals surface area contributed by atoms with E-state index in [1.165, 1.54) is 11.7 Å². The van der Waals surface area contributed by atoms with Crippen LogP contribution in [0.5, 0.6) is 5.75 Å². The third kappa shape index (κ3) is 4.30. The number of hydrogen-bond acceptors (Lipinski definition) is 7. The Morgan fingerprint density at radius 3 is 2.53 bits per heavy atom. The van der Waals surface area contributed by atoms with Crippen LogP contribution >= 0.6 is 0 Å². The Kier molecular flexibility index (Phi) is 5.99. The van der Waals surface area contributed by atoms with Crippen LogP contribution in [-0.2, 0) is 4.74 Å². The second-order valence-electron chi connectivity index (χ2n) is 10.2. The van der Waals surface area contributed by atoms with Gasteiger partial charge >= 0.3 is 11.8 Å². The standard InChI is InChI=1S/C23H32FN5O5/c1-12-10-27(11-13(12)9-26-21(31)34-23(2,3)4)18-16(24)8-15-17(19(18)33-5)28(14-6-7-14)22(32)29(25)20(15)30/h8,12-14H,6-7,9-11,25H2,1-5H3,(H,26,31)/t12-,13-/m0/s1. The summed E-state index contributed by atoms with van der Waals surface area (Å²) >= 11 is 0. The minimum absolute atomic E-state index is 0.00230. The van der Waals surface area contributed by atoms with Gasteiger partial charge in [0.15, 0.2) is 11.6 Å². The highest BCUT2D eigenvalue weighted by Crippen LogP contribution is 2.43. The van der Waals surface area contributed by atoms with Gasteiger partial charge in [0.05, 0.1) is 12.5 Å². The normalized spacial score (nSPS) is 20.6. The van der Waals surface area contributed by atoms with E-state index in [-0.39, 0.29) is 40.2 Å². The monoisotopic (exact) mass is 477 g/mol. The smallest absolute Gasteiger partial charge is 0.407 e.